The number of allylic oxidation sites excluding steroid dienone is 1. The molecule has 1 unspecified atom stereocenters. The first-order valence-electron chi connectivity index (χ1n) is 9.42. The van der Waals surface area contributed by atoms with Gasteiger partial charge in [-0.3, -0.25) is 0 Å². The second kappa shape index (κ2) is 7.00. The Morgan fingerprint density at radius 3 is 2.72 bits per heavy atom. The molecular weight excluding hydrogens is 316 g/mol. The summed E-state index contributed by atoms with van der Waals surface area (Å²) in [6.07, 6.45) is 6.19. The SMILES string of the molecule is CCCCCC(O)C1=C[C@H]2c3c(ccc(O)c3CO)C[C@H]2C(C)(C)O1. The Labute approximate surface area is 150 Å². The molecule has 2 aliphatic rings. The summed E-state index contributed by atoms with van der Waals surface area (Å²) >= 11 is 0. The molecule has 1 aliphatic heterocycles. The van der Waals surface area contributed by atoms with E-state index in [0.29, 0.717) is 17.7 Å². The molecule has 0 bridgehead atoms. The smallest absolute Gasteiger partial charge is 0.122 e. The van der Waals surface area contributed by atoms with E-state index in [1.807, 2.05) is 12.1 Å². The highest BCUT2D eigenvalue weighted by Gasteiger charge is 2.47. The van der Waals surface area contributed by atoms with Gasteiger partial charge in [-0.05, 0) is 50.0 Å². The second-order valence-electron chi connectivity index (χ2n) is 7.92. The Kier molecular flexibility index (Phi) is 5.12. The fourth-order valence-electron chi connectivity index (χ4n) is 4.40. The van der Waals surface area contributed by atoms with Crippen LogP contribution in [0.3, 0.4) is 0 Å². The summed E-state index contributed by atoms with van der Waals surface area (Å²) in [7, 11) is 0. The van der Waals surface area contributed by atoms with Crippen LogP contribution in [0.2, 0.25) is 0 Å². The number of aliphatic hydroxyl groups is 2. The number of hydrogen-bond acceptors (Lipinski definition) is 4. The Balaban J connectivity index is 1.96. The third-order valence-electron chi connectivity index (χ3n) is 5.81. The fraction of sp³-hybridized carbons (Fsp3) is 0.619. The van der Waals surface area contributed by atoms with Gasteiger partial charge in [-0.2, -0.15) is 0 Å². The summed E-state index contributed by atoms with van der Waals surface area (Å²) < 4.78 is 6.20. The van der Waals surface area contributed by atoms with Gasteiger partial charge in [0.15, 0.2) is 0 Å². The van der Waals surface area contributed by atoms with E-state index in [4.69, 9.17) is 4.74 Å². The molecule has 0 radical (unpaired) electrons. The van der Waals surface area contributed by atoms with Crippen LogP contribution in [0.5, 0.6) is 5.75 Å². The Morgan fingerprint density at radius 1 is 1.28 bits per heavy atom. The molecule has 0 fully saturated rings. The predicted octanol–water partition coefficient (Wildman–Crippen LogP) is 3.77. The Morgan fingerprint density at radius 2 is 2.04 bits per heavy atom. The molecule has 1 aliphatic carbocycles. The van der Waals surface area contributed by atoms with E-state index in [2.05, 4.69) is 20.8 Å². The van der Waals surface area contributed by atoms with Crippen molar-refractivity contribution in [3.05, 3.63) is 40.7 Å². The average molecular weight is 346 g/mol. The minimum absolute atomic E-state index is 0.0591. The van der Waals surface area contributed by atoms with Crippen molar-refractivity contribution in [1.82, 2.24) is 0 Å². The minimum Gasteiger partial charge on any atom is -0.508 e. The van der Waals surface area contributed by atoms with Crippen molar-refractivity contribution in [3.8, 4) is 5.75 Å². The van der Waals surface area contributed by atoms with E-state index in [0.717, 1.165) is 36.8 Å². The summed E-state index contributed by atoms with van der Waals surface area (Å²) in [6.45, 7) is 6.11. The maximum atomic E-state index is 10.6. The van der Waals surface area contributed by atoms with Crippen LogP contribution in [0.4, 0.5) is 0 Å². The van der Waals surface area contributed by atoms with E-state index < -0.39 is 11.7 Å². The van der Waals surface area contributed by atoms with Crippen molar-refractivity contribution in [1.29, 1.82) is 0 Å². The van der Waals surface area contributed by atoms with Gasteiger partial charge in [0.2, 0.25) is 0 Å². The third kappa shape index (κ3) is 3.30. The van der Waals surface area contributed by atoms with Gasteiger partial charge in [-0.15, -0.1) is 0 Å². The summed E-state index contributed by atoms with van der Waals surface area (Å²) in [5.41, 5.74) is 2.38. The molecule has 1 aromatic carbocycles. The lowest BCUT2D eigenvalue weighted by atomic mass is 9.77. The number of phenols is 1. The molecular formula is C21H30O4. The number of aromatic hydroxyl groups is 1. The van der Waals surface area contributed by atoms with E-state index in [-0.39, 0.29) is 24.2 Å². The van der Waals surface area contributed by atoms with Crippen LogP contribution in [0, 0.1) is 5.92 Å². The van der Waals surface area contributed by atoms with Gasteiger partial charge >= 0.3 is 0 Å². The lowest BCUT2D eigenvalue weighted by Gasteiger charge is -2.41. The lowest BCUT2D eigenvalue weighted by molar-refractivity contribution is -0.0604. The molecule has 0 saturated carbocycles. The highest BCUT2D eigenvalue weighted by atomic mass is 16.5. The summed E-state index contributed by atoms with van der Waals surface area (Å²) in [5.74, 6) is 1.08. The molecule has 3 rings (SSSR count). The minimum atomic E-state index is -0.592. The zero-order valence-corrected chi connectivity index (χ0v) is 15.5. The molecule has 0 spiro atoms. The van der Waals surface area contributed by atoms with Crippen LogP contribution >= 0.6 is 0 Å². The molecule has 1 aromatic rings. The Bertz CT molecular complexity index is 662. The third-order valence-corrected chi connectivity index (χ3v) is 5.81. The van der Waals surface area contributed by atoms with Crippen molar-refractivity contribution in [2.45, 2.75) is 77.1 Å². The van der Waals surface area contributed by atoms with Gasteiger partial charge in [0.25, 0.3) is 0 Å². The van der Waals surface area contributed by atoms with E-state index in [9.17, 15) is 15.3 Å². The van der Waals surface area contributed by atoms with E-state index in [1.165, 1.54) is 0 Å². The summed E-state index contributed by atoms with van der Waals surface area (Å²) in [4.78, 5) is 0. The molecule has 0 saturated heterocycles. The van der Waals surface area contributed by atoms with Crippen molar-refractivity contribution in [2.75, 3.05) is 0 Å². The van der Waals surface area contributed by atoms with Gasteiger partial charge in [-0.25, -0.2) is 0 Å². The number of rotatable bonds is 6. The molecule has 25 heavy (non-hydrogen) atoms. The molecule has 4 heteroatoms. The molecule has 1 heterocycles. The number of aliphatic hydroxyl groups excluding tert-OH is 2. The van der Waals surface area contributed by atoms with Gasteiger partial charge in [0.05, 0.1) is 6.61 Å². The van der Waals surface area contributed by atoms with Gasteiger partial charge in [0, 0.05) is 17.4 Å². The predicted molar refractivity (Wildman–Crippen MR) is 97.4 cm³/mol. The number of ether oxygens (including phenoxy) is 1. The first kappa shape index (κ1) is 18.3. The number of unbranched alkanes of at least 4 members (excludes halogenated alkanes) is 2. The van der Waals surface area contributed by atoms with Crippen LogP contribution in [0.1, 0.15) is 69.1 Å². The van der Waals surface area contributed by atoms with Gasteiger partial charge in [0.1, 0.15) is 23.2 Å². The van der Waals surface area contributed by atoms with Crippen molar-refractivity contribution >= 4 is 0 Å². The first-order chi connectivity index (χ1) is 11.9. The van der Waals surface area contributed by atoms with Crippen LogP contribution in [-0.2, 0) is 17.8 Å². The average Bonchev–Trinajstić information content (AvgIpc) is 2.94. The van der Waals surface area contributed by atoms with Crippen molar-refractivity contribution < 1.29 is 20.1 Å². The fourth-order valence-corrected chi connectivity index (χ4v) is 4.40. The number of benzene rings is 1. The van der Waals surface area contributed by atoms with E-state index in [1.54, 1.807) is 6.07 Å². The van der Waals surface area contributed by atoms with Crippen LogP contribution in [-0.4, -0.2) is 27.0 Å². The largest absolute Gasteiger partial charge is 0.508 e. The van der Waals surface area contributed by atoms with E-state index >= 15 is 0 Å². The van der Waals surface area contributed by atoms with Crippen LogP contribution in [0.15, 0.2) is 24.0 Å². The van der Waals surface area contributed by atoms with Crippen LogP contribution < -0.4 is 0 Å². The standard InChI is InChI=1S/C21H30O4/c1-4-5-6-7-18(24)19-11-14-16(21(2,3)25-19)10-13-8-9-17(23)15(12-22)20(13)14/h8-9,11,14,16,18,22-24H,4-7,10,12H2,1-3H3/t14-,16-,18?/m1/s1. The zero-order chi connectivity index (χ0) is 18.2. The zero-order valence-electron chi connectivity index (χ0n) is 15.5. The molecule has 0 amide bonds. The number of hydrogen-bond donors (Lipinski definition) is 3. The Hall–Kier alpha value is -1.52. The maximum absolute atomic E-state index is 10.6. The quantitative estimate of drug-likeness (QED) is 0.686. The van der Waals surface area contributed by atoms with Crippen LogP contribution in [0.25, 0.3) is 0 Å². The van der Waals surface area contributed by atoms with Gasteiger partial charge < -0.3 is 20.1 Å². The van der Waals surface area contributed by atoms with Gasteiger partial charge in [-0.1, -0.05) is 32.3 Å². The monoisotopic (exact) mass is 346 g/mol. The highest BCUT2D eigenvalue weighted by Crippen LogP contribution is 2.52. The molecule has 3 N–H and O–H groups in total. The molecule has 3 atom stereocenters. The van der Waals surface area contributed by atoms with Crippen molar-refractivity contribution in [3.63, 3.8) is 0 Å². The molecule has 4 nitrogen and oxygen atoms in total. The second-order valence-corrected chi connectivity index (χ2v) is 7.92. The highest BCUT2D eigenvalue weighted by molar-refractivity contribution is 5.52. The number of fused-ring (bicyclic) bond motifs is 3. The summed E-state index contributed by atoms with van der Waals surface area (Å²) in [5, 5.41) is 30.5. The lowest BCUT2D eigenvalue weighted by Crippen LogP contribution is -2.41. The summed E-state index contributed by atoms with van der Waals surface area (Å²) in [6, 6.07) is 3.61. The molecule has 0 aromatic heterocycles. The topological polar surface area (TPSA) is 69.9 Å². The van der Waals surface area contributed by atoms with Crippen molar-refractivity contribution in [2.24, 2.45) is 5.92 Å². The maximum Gasteiger partial charge on any atom is 0.122 e. The normalized spacial score (nSPS) is 24.9. The molecule has 138 valence electrons. The first-order valence-corrected chi connectivity index (χ1v) is 9.42.